The normalized spacial score (nSPS) is 10.8. The lowest BCUT2D eigenvalue weighted by Crippen LogP contribution is -2.27. The Balaban J connectivity index is 1.83. The number of fused-ring (bicyclic) bond motifs is 1. The van der Waals surface area contributed by atoms with Gasteiger partial charge in [-0.25, -0.2) is 4.79 Å². The van der Waals surface area contributed by atoms with Crippen LogP contribution in [0, 0.1) is 0 Å². The third-order valence-electron chi connectivity index (χ3n) is 7.52. The fourth-order valence-corrected chi connectivity index (χ4v) is 5.43. The van der Waals surface area contributed by atoms with E-state index in [1.165, 1.54) is 33.0 Å². The van der Waals surface area contributed by atoms with Crippen molar-refractivity contribution in [3.63, 3.8) is 0 Å². The van der Waals surface area contributed by atoms with E-state index < -0.39 is 11.5 Å². The molecule has 0 fully saturated rings. The zero-order valence-electron chi connectivity index (χ0n) is 27.2. The molecule has 0 amide bonds. The van der Waals surface area contributed by atoms with Crippen LogP contribution >= 0.6 is 0 Å². The van der Waals surface area contributed by atoms with Gasteiger partial charge in [0.05, 0.1) is 47.0 Å². The number of aromatic nitrogens is 1. The molecule has 0 spiro atoms. The Labute approximate surface area is 272 Å². The molecule has 0 saturated carbocycles. The van der Waals surface area contributed by atoms with Crippen LogP contribution in [0.1, 0.15) is 29.9 Å². The minimum atomic E-state index is -0.732. The van der Waals surface area contributed by atoms with Crippen molar-refractivity contribution in [3.8, 4) is 51.3 Å². The molecule has 1 aromatic heterocycles. The monoisotopic (exact) mass is 639 g/mol. The Morgan fingerprint density at radius 2 is 1.28 bits per heavy atom. The van der Waals surface area contributed by atoms with Crippen molar-refractivity contribution in [1.82, 2.24) is 4.57 Å². The standard InChI is InChI=1S/C37H37NO9/c1-7-45-29-20-27-28(21-30(29)46-8-2)36(39)38(25-14-16-26(17-15-25)47-22-23-12-10-9-11-13-23)34(37(40)44-6)33(27)24-18-31(41-3)35(43-5)32(19-24)42-4/h9-21H,7-8,22H2,1-6H3. The summed E-state index contributed by atoms with van der Waals surface area (Å²) in [5.41, 5.74) is 1.86. The molecule has 1 heterocycles. The molecule has 0 unspecified atom stereocenters. The van der Waals surface area contributed by atoms with Gasteiger partial charge in [-0.3, -0.25) is 9.36 Å². The Hall–Kier alpha value is -5.64. The highest BCUT2D eigenvalue weighted by atomic mass is 16.5. The van der Waals surface area contributed by atoms with Gasteiger partial charge in [-0.15, -0.1) is 0 Å². The minimum Gasteiger partial charge on any atom is -0.493 e. The lowest BCUT2D eigenvalue weighted by molar-refractivity contribution is 0.0591. The van der Waals surface area contributed by atoms with E-state index in [0.29, 0.717) is 76.5 Å². The van der Waals surface area contributed by atoms with Crippen LogP contribution in [0.3, 0.4) is 0 Å². The molecule has 0 N–H and O–H groups in total. The molecule has 0 aliphatic heterocycles. The number of carbonyl (C=O) groups is 1. The van der Waals surface area contributed by atoms with Gasteiger partial charge in [0.25, 0.3) is 5.56 Å². The largest absolute Gasteiger partial charge is 0.493 e. The first-order valence-electron chi connectivity index (χ1n) is 15.1. The third-order valence-corrected chi connectivity index (χ3v) is 7.52. The molecule has 0 aliphatic carbocycles. The van der Waals surface area contributed by atoms with Gasteiger partial charge in [0.15, 0.2) is 23.0 Å². The fraction of sp³-hybridized carbons (Fsp3) is 0.243. The van der Waals surface area contributed by atoms with E-state index in [0.717, 1.165) is 5.56 Å². The van der Waals surface area contributed by atoms with E-state index in [-0.39, 0.29) is 11.1 Å². The third kappa shape index (κ3) is 6.53. The van der Waals surface area contributed by atoms with Gasteiger partial charge in [-0.05, 0) is 73.5 Å². The van der Waals surface area contributed by atoms with E-state index in [1.807, 2.05) is 44.2 Å². The van der Waals surface area contributed by atoms with Gasteiger partial charge < -0.3 is 33.2 Å². The molecule has 10 nitrogen and oxygen atoms in total. The summed E-state index contributed by atoms with van der Waals surface area (Å²) in [6.45, 7) is 4.78. The van der Waals surface area contributed by atoms with Crippen LogP contribution in [0.5, 0.6) is 34.5 Å². The van der Waals surface area contributed by atoms with Crippen molar-refractivity contribution >= 4 is 16.7 Å². The number of hydrogen-bond acceptors (Lipinski definition) is 9. The Bertz CT molecular complexity index is 1910. The van der Waals surface area contributed by atoms with Crippen LogP contribution < -0.4 is 34.0 Å². The van der Waals surface area contributed by atoms with Crippen LogP contribution in [-0.2, 0) is 11.3 Å². The Morgan fingerprint density at radius 1 is 0.681 bits per heavy atom. The number of nitrogens with zero attached hydrogens (tertiary/aromatic N) is 1. The van der Waals surface area contributed by atoms with E-state index in [9.17, 15) is 9.59 Å². The topological polar surface area (TPSA) is 104 Å². The molecule has 0 saturated heterocycles. The first kappa shape index (κ1) is 32.7. The second-order valence-electron chi connectivity index (χ2n) is 10.2. The second-order valence-corrected chi connectivity index (χ2v) is 10.2. The van der Waals surface area contributed by atoms with Crippen LogP contribution in [-0.4, -0.2) is 52.2 Å². The maximum absolute atomic E-state index is 14.5. The number of hydrogen-bond donors (Lipinski definition) is 0. The molecule has 4 aromatic carbocycles. The highest BCUT2D eigenvalue weighted by Gasteiger charge is 2.28. The molecule has 5 rings (SSSR count). The van der Waals surface area contributed by atoms with Crippen molar-refractivity contribution in [2.75, 3.05) is 41.7 Å². The summed E-state index contributed by atoms with van der Waals surface area (Å²) in [7, 11) is 5.78. The zero-order chi connectivity index (χ0) is 33.5. The van der Waals surface area contributed by atoms with Crippen molar-refractivity contribution in [1.29, 1.82) is 0 Å². The Kier molecular flexibility index (Phi) is 10.2. The molecule has 5 aromatic rings. The predicted molar refractivity (Wildman–Crippen MR) is 179 cm³/mol. The van der Waals surface area contributed by atoms with Crippen molar-refractivity contribution in [2.24, 2.45) is 0 Å². The number of methoxy groups -OCH3 is 4. The first-order valence-corrected chi connectivity index (χ1v) is 15.1. The van der Waals surface area contributed by atoms with Crippen LogP contribution in [0.2, 0.25) is 0 Å². The van der Waals surface area contributed by atoms with Crippen LogP contribution in [0.4, 0.5) is 0 Å². The second kappa shape index (κ2) is 14.6. The lowest BCUT2D eigenvalue weighted by Gasteiger charge is -2.22. The molecule has 244 valence electrons. The van der Waals surface area contributed by atoms with E-state index in [2.05, 4.69) is 0 Å². The molecule has 0 bridgehead atoms. The van der Waals surface area contributed by atoms with Gasteiger partial charge in [0.1, 0.15) is 18.1 Å². The summed E-state index contributed by atoms with van der Waals surface area (Å²) in [5, 5.41) is 0.730. The molecular weight excluding hydrogens is 602 g/mol. The number of pyridine rings is 1. The number of benzene rings is 4. The predicted octanol–water partition coefficient (Wildman–Crippen LogP) is 6.85. The summed E-state index contributed by atoms with van der Waals surface area (Å²) >= 11 is 0. The minimum absolute atomic E-state index is 0.0103. The number of carbonyl (C=O) groups excluding carboxylic acids is 1. The molecule has 0 atom stereocenters. The number of rotatable bonds is 13. The van der Waals surface area contributed by atoms with Gasteiger partial charge in [0.2, 0.25) is 5.75 Å². The molecule has 10 heteroatoms. The first-order chi connectivity index (χ1) is 22.9. The van der Waals surface area contributed by atoms with Crippen LogP contribution in [0.15, 0.2) is 83.7 Å². The zero-order valence-corrected chi connectivity index (χ0v) is 27.2. The quantitative estimate of drug-likeness (QED) is 0.128. The summed E-state index contributed by atoms with van der Waals surface area (Å²) in [5.74, 6) is 1.77. The van der Waals surface area contributed by atoms with E-state index in [1.54, 1.807) is 48.5 Å². The molecule has 47 heavy (non-hydrogen) atoms. The molecule has 0 radical (unpaired) electrons. The number of esters is 1. The van der Waals surface area contributed by atoms with Gasteiger partial charge in [0, 0.05) is 16.6 Å². The van der Waals surface area contributed by atoms with Crippen molar-refractivity contribution in [3.05, 3.63) is 100 Å². The van der Waals surface area contributed by atoms with Crippen molar-refractivity contribution < 1.29 is 38.0 Å². The summed E-state index contributed by atoms with van der Waals surface area (Å²) in [4.78, 5) is 28.3. The maximum Gasteiger partial charge on any atom is 0.355 e. The summed E-state index contributed by atoms with van der Waals surface area (Å²) in [6, 6.07) is 23.5. The fourth-order valence-electron chi connectivity index (χ4n) is 5.43. The average Bonchev–Trinajstić information content (AvgIpc) is 3.11. The summed E-state index contributed by atoms with van der Waals surface area (Å²) < 4.78 is 41.3. The summed E-state index contributed by atoms with van der Waals surface area (Å²) in [6.07, 6.45) is 0. The van der Waals surface area contributed by atoms with E-state index >= 15 is 0 Å². The van der Waals surface area contributed by atoms with Gasteiger partial charge >= 0.3 is 5.97 Å². The smallest absolute Gasteiger partial charge is 0.355 e. The van der Waals surface area contributed by atoms with Gasteiger partial charge in [-0.2, -0.15) is 0 Å². The highest BCUT2D eigenvalue weighted by molar-refractivity contribution is 6.08. The molecule has 0 aliphatic rings. The van der Waals surface area contributed by atoms with Crippen LogP contribution in [0.25, 0.3) is 27.6 Å². The van der Waals surface area contributed by atoms with Gasteiger partial charge in [-0.1, -0.05) is 30.3 Å². The maximum atomic E-state index is 14.5. The Morgan fingerprint density at radius 3 is 1.81 bits per heavy atom. The molecular formula is C37H37NO9. The van der Waals surface area contributed by atoms with Crippen molar-refractivity contribution in [2.45, 2.75) is 20.5 Å². The average molecular weight is 640 g/mol. The SMILES string of the molecule is CCOc1cc2c(-c3cc(OC)c(OC)c(OC)c3)c(C(=O)OC)n(-c3ccc(OCc4ccccc4)cc3)c(=O)c2cc1OCC. The number of ether oxygens (including phenoxy) is 7. The van der Waals surface area contributed by atoms with E-state index in [4.69, 9.17) is 33.2 Å². The highest BCUT2D eigenvalue weighted by Crippen LogP contribution is 2.45. The lowest BCUT2D eigenvalue weighted by atomic mass is 9.95.